The van der Waals surface area contributed by atoms with E-state index in [1.165, 1.54) is 0 Å². The van der Waals surface area contributed by atoms with Crippen LogP contribution in [0, 0.1) is 5.92 Å². The van der Waals surface area contributed by atoms with Crippen LogP contribution in [0.2, 0.25) is 0 Å². The number of nitrogens with two attached hydrogens (primary N) is 1. The molecular weight excluding hydrogens is 230 g/mol. The summed E-state index contributed by atoms with van der Waals surface area (Å²) in [4.78, 5) is 25.1. The van der Waals surface area contributed by atoms with Crippen LogP contribution in [0.4, 0.5) is 0 Å². The second kappa shape index (κ2) is 6.18. The maximum atomic E-state index is 12.1. The molecule has 18 heavy (non-hydrogen) atoms. The molecule has 0 aromatic rings. The summed E-state index contributed by atoms with van der Waals surface area (Å²) in [7, 11) is 3.34. The quantitative estimate of drug-likeness (QED) is 0.750. The predicted molar refractivity (Wildman–Crippen MR) is 70.9 cm³/mol. The van der Waals surface area contributed by atoms with E-state index in [1.807, 2.05) is 6.92 Å². The van der Waals surface area contributed by atoms with Crippen LogP contribution >= 0.6 is 0 Å². The molecule has 1 aliphatic rings. The summed E-state index contributed by atoms with van der Waals surface area (Å²) in [6.07, 6.45) is 4.48. The second-order valence-corrected chi connectivity index (χ2v) is 5.54. The average molecular weight is 255 g/mol. The van der Waals surface area contributed by atoms with Crippen molar-refractivity contribution in [2.24, 2.45) is 11.7 Å². The normalized spacial score (nSPS) is 19.3. The molecule has 0 aromatic heterocycles. The number of nitrogens with zero attached hydrogens (tertiary/aromatic N) is 1. The van der Waals surface area contributed by atoms with E-state index >= 15 is 0 Å². The highest BCUT2D eigenvalue weighted by atomic mass is 16.2. The van der Waals surface area contributed by atoms with Gasteiger partial charge in [0.15, 0.2) is 0 Å². The molecular formula is C13H25N3O2. The minimum absolute atomic E-state index is 0.0372. The summed E-state index contributed by atoms with van der Waals surface area (Å²) in [5.41, 5.74) is 5.87. The maximum absolute atomic E-state index is 12.1. The first-order chi connectivity index (χ1) is 8.38. The Labute approximate surface area is 109 Å². The van der Waals surface area contributed by atoms with Crippen LogP contribution < -0.4 is 11.1 Å². The zero-order chi connectivity index (χ0) is 13.8. The molecule has 5 nitrogen and oxygen atoms in total. The van der Waals surface area contributed by atoms with Crippen LogP contribution in [0.5, 0.6) is 0 Å². The van der Waals surface area contributed by atoms with Gasteiger partial charge in [0.05, 0.1) is 5.92 Å². The number of carbonyl (C=O) groups excluding carboxylic acids is 2. The van der Waals surface area contributed by atoms with Crippen LogP contribution in [-0.4, -0.2) is 42.9 Å². The third kappa shape index (κ3) is 3.98. The van der Waals surface area contributed by atoms with Crippen molar-refractivity contribution in [3.8, 4) is 0 Å². The molecule has 104 valence electrons. The highest BCUT2D eigenvalue weighted by molar-refractivity contribution is 5.80. The SMILES string of the molecule is CNC(=O)C(C)CN(C)C(=O)CC1(N)CCCC1. The molecule has 1 saturated carbocycles. The van der Waals surface area contributed by atoms with Crippen LogP contribution in [0.3, 0.4) is 0 Å². The molecule has 3 N–H and O–H groups in total. The molecule has 5 heteroatoms. The first-order valence-corrected chi connectivity index (χ1v) is 6.62. The average Bonchev–Trinajstić information content (AvgIpc) is 2.74. The lowest BCUT2D eigenvalue weighted by Gasteiger charge is -2.27. The summed E-state index contributed by atoms with van der Waals surface area (Å²) in [6.45, 7) is 2.25. The van der Waals surface area contributed by atoms with Gasteiger partial charge in [-0.2, -0.15) is 0 Å². The number of hydrogen-bond acceptors (Lipinski definition) is 3. The van der Waals surface area contributed by atoms with Gasteiger partial charge >= 0.3 is 0 Å². The smallest absolute Gasteiger partial charge is 0.224 e. The Bertz CT molecular complexity index is 311. The second-order valence-electron chi connectivity index (χ2n) is 5.54. The molecule has 1 rings (SSSR count). The van der Waals surface area contributed by atoms with E-state index in [2.05, 4.69) is 5.32 Å². The molecule has 0 aliphatic heterocycles. The fourth-order valence-electron chi connectivity index (χ4n) is 2.53. The van der Waals surface area contributed by atoms with Crippen LogP contribution in [-0.2, 0) is 9.59 Å². The highest BCUT2D eigenvalue weighted by Crippen LogP contribution is 2.30. The van der Waals surface area contributed by atoms with Crippen molar-refractivity contribution in [3.63, 3.8) is 0 Å². The highest BCUT2D eigenvalue weighted by Gasteiger charge is 2.33. The van der Waals surface area contributed by atoms with E-state index in [4.69, 9.17) is 5.73 Å². The Kier molecular flexibility index (Phi) is 5.14. The van der Waals surface area contributed by atoms with Gasteiger partial charge in [0, 0.05) is 32.6 Å². The van der Waals surface area contributed by atoms with Gasteiger partial charge in [0.1, 0.15) is 0 Å². The predicted octanol–water partition coefficient (Wildman–Crippen LogP) is 0.489. The van der Waals surface area contributed by atoms with Gasteiger partial charge in [0.25, 0.3) is 0 Å². The molecule has 1 atom stereocenters. The summed E-state index contributed by atoms with van der Waals surface area (Å²) in [5.74, 6) is -0.200. The number of hydrogen-bond donors (Lipinski definition) is 2. The van der Waals surface area contributed by atoms with Crippen molar-refractivity contribution in [1.82, 2.24) is 10.2 Å². The molecule has 0 aromatic carbocycles. The summed E-state index contributed by atoms with van der Waals surface area (Å²) < 4.78 is 0. The minimum atomic E-state index is -0.318. The van der Waals surface area contributed by atoms with Crippen LogP contribution in [0.1, 0.15) is 39.0 Å². The van der Waals surface area contributed by atoms with Gasteiger partial charge in [-0.05, 0) is 12.8 Å². The Morgan fingerprint density at radius 3 is 2.44 bits per heavy atom. The van der Waals surface area contributed by atoms with Crippen molar-refractivity contribution < 1.29 is 9.59 Å². The third-order valence-corrected chi connectivity index (χ3v) is 3.77. The maximum Gasteiger partial charge on any atom is 0.224 e. The van der Waals surface area contributed by atoms with Gasteiger partial charge < -0.3 is 16.0 Å². The monoisotopic (exact) mass is 255 g/mol. The van der Waals surface area contributed by atoms with Gasteiger partial charge in [0.2, 0.25) is 11.8 Å². The van der Waals surface area contributed by atoms with Crippen molar-refractivity contribution in [1.29, 1.82) is 0 Å². The lowest BCUT2D eigenvalue weighted by Crippen LogP contribution is -2.44. The number of rotatable bonds is 5. The molecule has 1 fully saturated rings. The fourth-order valence-corrected chi connectivity index (χ4v) is 2.53. The third-order valence-electron chi connectivity index (χ3n) is 3.77. The minimum Gasteiger partial charge on any atom is -0.359 e. The molecule has 1 unspecified atom stereocenters. The molecule has 0 saturated heterocycles. The fraction of sp³-hybridized carbons (Fsp3) is 0.846. The molecule has 0 spiro atoms. The summed E-state index contributed by atoms with van der Waals surface area (Å²) in [5, 5.41) is 2.59. The first-order valence-electron chi connectivity index (χ1n) is 6.62. The van der Waals surface area contributed by atoms with E-state index in [1.54, 1.807) is 19.0 Å². The Morgan fingerprint density at radius 1 is 1.39 bits per heavy atom. The molecule has 0 radical (unpaired) electrons. The zero-order valence-corrected chi connectivity index (χ0v) is 11.7. The zero-order valence-electron chi connectivity index (χ0n) is 11.7. The topological polar surface area (TPSA) is 75.4 Å². The number of nitrogens with one attached hydrogen (secondary N) is 1. The van der Waals surface area contributed by atoms with E-state index in [9.17, 15) is 9.59 Å². The standard InChI is InChI=1S/C13H25N3O2/c1-10(12(18)15-2)9-16(3)11(17)8-13(14)6-4-5-7-13/h10H,4-9,14H2,1-3H3,(H,15,18). The van der Waals surface area contributed by atoms with Gasteiger partial charge in [-0.1, -0.05) is 19.8 Å². The number of carbonyl (C=O) groups is 2. The van der Waals surface area contributed by atoms with Crippen molar-refractivity contribution in [2.75, 3.05) is 20.6 Å². The molecule has 2 amide bonds. The van der Waals surface area contributed by atoms with Crippen LogP contribution in [0.15, 0.2) is 0 Å². The van der Waals surface area contributed by atoms with E-state index < -0.39 is 0 Å². The van der Waals surface area contributed by atoms with Gasteiger partial charge in [-0.25, -0.2) is 0 Å². The van der Waals surface area contributed by atoms with Gasteiger partial charge in [-0.3, -0.25) is 9.59 Å². The van der Waals surface area contributed by atoms with Crippen molar-refractivity contribution in [3.05, 3.63) is 0 Å². The largest absolute Gasteiger partial charge is 0.359 e. The van der Waals surface area contributed by atoms with Gasteiger partial charge in [-0.15, -0.1) is 0 Å². The molecule has 0 heterocycles. The Hall–Kier alpha value is -1.10. The summed E-state index contributed by atoms with van der Waals surface area (Å²) >= 11 is 0. The van der Waals surface area contributed by atoms with E-state index in [0.717, 1.165) is 25.7 Å². The number of amides is 2. The van der Waals surface area contributed by atoms with E-state index in [-0.39, 0.29) is 23.3 Å². The van der Waals surface area contributed by atoms with Crippen LogP contribution in [0.25, 0.3) is 0 Å². The Morgan fingerprint density at radius 2 is 1.94 bits per heavy atom. The Balaban J connectivity index is 2.43. The molecule has 0 bridgehead atoms. The molecule has 1 aliphatic carbocycles. The lowest BCUT2D eigenvalue weighted by atomic mass is 9.94. The summed E-state index contributed by atoms with van der Waals surface area (Å²) in [6, 6.07) is 0. The first kappa shape index (κ1) is 15.0. The van der Waals surface area contributed by atoms with Crippen molar-refractivity contribution >= 4 is 11.8 Å². The van der Waals surface area contributed by atoms with E-state index in [0.29, 0.717) is 13.0 Å². The van der Waals surface area contributed by atoms with Crippen molar-refractivity contribution in [2.45, 2.75) is 44.6 Å². The lowest BCUT2D eigenvalue weighted by molar-refractivity contribution is -0.133.